The van der Waals surface area contributed by atoms with Crippen LogP contribution in [0.2, 0.25) is 0 Å². The summed E-state index contributed by atoms with van der Waals surface area (Å²) in [6, 6.07) is -0.618. The molecule has 0 aliphatic rings. The number of carbonyl (C=O) groups is 3. The normalized spacial score (nSPS) is 13.6. The summed E-state index contributed by atoms with van der Waals surface area (Å²) in [5.41, 5.74) is 0. The highest BCUT2D eigenvalue weighted by atomic mass is 16.6. The molecule has 0 rings (SSSR count). The van der Waals surface area contributed by atoms with Gasteiger partial charge in [0.2, 0.25) is 0 Å². The highest BCUT2D eigenvalue weighted by Gasteiger charge is 2.31. The molecule has 8 heteroatoms. The molecule has 0 spiro atoms. The molecule has 0 fully saturated rings. The van der Waals surface area contributed by atoms with Crippen LogP contribution in [0.5, 0.6) is 0 Å². The number of likely N-dealkylation sites (N-methyl/N-ethyl adjacent to an activating group) is 1. The van der Waals surface area contributed by atoms with Crippen molar-refractivity contribution in [3.8, 4) is 0 Å². The van der Waals surface area contributed by atoms with Gasteiger partial charge in [0.05, 0.1) is 34.4 Å². The van der Waals surface area contributed by atoms with E-state index in [1.165, 1.54) is 19.3 Å². The van der Waals surface area contributed by atoms with Crippen LogP contribution in [0.25, 0.3) is 0 Å². The fraction of sp³-hybridized carbons (Fsp3) is 0.732. The van der Waals surface area contributed by atoms with Crippen LogP contribution in [-0.4, -0.2) is 80.6 Å². The van der Waals surface area contributed by atoms with Gasteiger partial charge >= 0.3 is 17.9 Å². The number of hydrogen-bond acceptors (Lipinski definition) is 6. The predicted molar refractivity (Wildman–Crippen MR) is 201 cm³/mol. The van der Waals surface area contributed by atoms with Crippen LogP contribution in [0, 0.1) is 0 Å². The van der Waals surface area contributed by atoms with Crippen molar-refractivity contribution >= 4 is 17.9 Å². The lowest BCUT2D eigenvalue weighted by Gasteiger charge is -2.31. The minimum absolute atomic E-state index is 0.0491. The first-order valence-corrected chi connectivity index (χ1v) is 19.2. The fourth-order valence-electron chi connectivity index (χ4n) is 5.20. The Morgan fingerprint density at radius 2 is 1.14 bits per heavy atom. The molecular formula is C41H72NO7+. The molecule has 0 bridgehead atoms. The van der Waals surface area contributed by atoms with E-state index in [0.29, 0.717) is 19.3 Å². The standard InChI is InChI=1S/C41H71NO7/c1-6-8-10-12-14-16-18-19-20-22-23-25-27-29-31-39(43)48-36-37(35-47-34-33-38(41(45)46)42(3,4)5)49-40(44)32-30-28-26-24-21-17-15-13-11-9-7-2/h8,10,13-16,19-20,37-38H,6-7,9,11-12,17-18,21-36H2,1-5H3/p+1/b10-8+,15-13+,16-14+,20-19+. The number of ether oxygens (including phenoxy) is 3. The van der Waals surface area contributed by atoms with Crippen molar-refractivity contribution in [3.05, 3.63) is 48.6 Å². The van der Waals surface area contributed by atoms with E-state index in [4.69, 9.17) is 14.2 Å². The van der Waals surface area contributed by atoms with Gasteiger partial charge in [-0.05, 0) is 64.2 Å². The molecule has 0 aromatic rings. The van der Waals surface area contributed by atoms with Crippen LogP contribution in [0.15, 0.2) is 48.6 Å². The van der Waals surface area contributed by atoms with E-state index < -0.39 is 18.1 Å². The van der Waals surface area contributed by atoms with Crippen LogP contribution >= 0.6 is 0 Å². The van der Waals surface area contributed by atoms with Gasteiger partial charge < -0.3 is 23.8 Å². The first-order valence-electron chi connectivity index (χ1n) is 19.2. The maximum Gasteiger partial charge on any atom is 0.362 e. The van der Waals surface area contributed by atoms with Gasteiger partial charge in [-0.1, -0.05) is 107 Å². The molecule has 49 heavy (non-hydrogen) atoms. The van der Waals surface area contributed by atoms with Gasteiger partial charge in [-0.2, -0.15) is 0 Å². The lowest BCUT2D eigenvalue weighted by molar-refractivity contribution is -0.887. The average Bonchev–Trinajstić information content (AvgIpc) is 3.05. The molecule has 0 amide bonds. The van der Waals surface area contributed by atoms with Crippen molar-refractivity contribution in [2.45, 2.75) is 154 Å². The second kappa shape index (κ2) is 32.5. The smallest absolute Gasteiger partial charge is 0.362 e. The van der Waals surface area contributed by atoms with Crippen LogP contribution in [0.3, 0.4) is 0 Å². The molecule has 0 radical (unpaired) electrons. The molecule has 0 aliphatic carbocycles. The largest absolute Gasteiger partial charge is 0.477 e. The number of carbonyl (C=O) groups excluding carboxylic acids is 2. The van der Waals surface area contributed by atoms with E-state index in [1.807, 2.05) is 21.1 Å². The molecule has 0 saturated heterocycles. The van der Waals surface area contributed by atoms with Crippen LogP contribution in [0.1, 0.15) is 142 Å². The average molecular weight is 691 g/mol. The van der Waals surface area contributed by atoms with Gasteiger partial charge in [0, 0.05) is 19.3 Å². The summed E-state index contributed by atoms with van der Waals surface area (Å²) in [4.78, 5) is 36.7. The summed E-state index contributed by atoms with van der Waals surface area (Å²) < 4.78 is 17.2. The molecule has 0 saturated carbocycles. The predicted octanol–water partition coefficient (Wildman–Crippen LogP) is 9.68. The number of carboxylic acid groups (broad SMARTS) is 1. The van der Waals surface area contributed by atoms with Gasteiger partial charge in [-0.25, -0.2) is 4.79 Å². The maximum absolute atomic E-state index is 12.6. The number of esters is 2. The summed E-state index contributed by atoms with van der Waals surface area (Å²) in [5, 5.41) is 9.58. The van der Waals surface area contributed by atoms with Gasteiger partial charge in [-0.15, -0.1) is 0 Å². The zero-order valence-corrected chi connectivity index (χ0v) is 31.9. The first kappa shape index (κ1) is 46.3. The third-order valence-electron chi connectivity index (χ3n) is 8.21. The molecular weight excluding hydrogens is 618 g/mol. The Labute approximate surface area is 299 Å². The Bertz CT molecular complexity index is 948. The van der Waals surface area contributed by atoms with Gasteiger partial charge in [-0.3, -0.25) is 9.59 Å². The molecule has 282 valence electrons. The number of hydrogen-bond donors (Lipinski definition) is 1. The SMILES string of the molecule is CC/C=C/C/C=C/C/C=C/CCCCCCC(=O)OCC(COCCC(C(=O)O)[N+](C)(C)C)OC(=O)CCCCCCC/C=C/CCCC. The van der Waals surface area contributed by atoms with Crippen molar-refractivity contribution in [3.63, 3.8) is 0 Å². The summed E-state index contributed by atoms with van der Waals surface area (Å²) in [6.45, 7) is 4.53. The van der Waals surface area contributed by atoms with E-state index in [9.17, 15) is 19.5 Å². The van der Waals surface area contributed by atoms with Crippen molar-refractivity contribution in [2.24, 2.45) is 0 Å². The van der Waals surface area contributed by atoms with Gasteiger partial charge in [0.15, 0.2) is 12.1 Å². The number of nitrogens with zero attached hydrogens (tertiary/aromatic N) is 1. The molecule has 0 heterocycles. The Morgan fingerprint density at radius 3 is 1.71 bits per heavy atom. The third-order valence-corrected chi connectivity index (χ3v) is 8.21. The van der Waals surface area contributed by atoms with Crippen molar-refractivity contribution in [2.75, 3.05) is 41.0 Å². The summed E-state index contributed by atoms with van der Waals surface area (Å²) in [7, 11) is 5.50. The van der Waals surface area contributed by atoms with E-state index in [2.05, 4.69) is 62.5 Å². The van der Waals surface area contributed by atoms with E-state index >= 15 is 0 Å². The molecule has 0 aliphatic heterocycles. The number of allylic oxidation sites excluding steroid dienone is 8. The Balaban J connectivity index is 4.47. The molecule has 1 N–H and O–H groups in total. The van der Waals surface area contributed by atoms with Crippen LogP contribution < -0.4 is 0 Å². The Hall–Kier alpha value is -2.71. The minimum atomic E-state index is -0.883. The highest BCUT2D eigenvalue weighted by Crippen LogP contribution is 2.12. The second-order valence-electron chi connectivity index (χ2n) is 13.8. The lowest BCUT2D eigenvalue weighted by atomic mass is 10.1. The topological polar surface area (TPSA) is 99.1 Å². The quantitative estimate of drug-likeness (QED) is 0.0317. The maximum atomic E-state index is 12.6. The first-order chi connectivity index (χ1) is 23.6. The number of unbranched alkanes of at least 4 members (excludes halogenated alkanes) is 11. The Morgan fingerprint density at radius 1 is 0.633 bits per heavy atom. The third kappa shape index (κ3) is 31.0. The van der Waals surface area contributed by atoms with E-state index in [1.54, 1.807) is 0 Å². The number of carboxylic acids is 1. The second-order valence-corrected chi connectivity index (χ2v) is 13.8. The summed E-state index contributed by atoms with van der Waals surface area (Å²) in [6.07, 6.45) is 35.8. The van der Waals surface area contributed by atoms with Crippen molar-refractivity contribution in [1.29, 1.82) is 0 Å². The van der Waals surface area contributed by atoms with Crippen LogP contribution in [-0.2, 0) is 28.6 Å². The van der Waals surface area contributed by atoms with Crippen molar-refractivity contribution in [1.82, 2.24) is 0 Å². The molecule has 2 atom stereocenters. The highest BCUT2D eigenvalue weighted by molar-refractivity contribution is 5.72. The van der Waals surface area contributed by atoms with E-state index in [0.717, 1.165) is 89.9 Å². The lowest BCUT2D eigenvalue weighted by Crippen LogP contribution is -2.50. The number of quaternary nitrogens is 1. The minimum Gasteiger partial charge on any atom is -0.477 e. The zero-order valence-electron chi connectivity index (χ0n) is 31.9. The molecule has 0 aromatic heterocycles. The summed E-state index contributed by atoms with van der Waals surface area (Å²) >= 11 is 0. The van der Waals surface area contributed by atoms with Crippen molar-refractivity contribution < 1.29 is 38.2 Å². The van der Waals surface area contributed by atoms with Gasteiger partial charge in [0.25, 0.3) is 0 Å². The Kier molecular flexibility index (Phi) is 30.7. The molecule has 8 nitrogen and oxygen atoms in total. The zero-order chi connectivity index (χ0) is 36.4. The molecule has 0 aromatic carbocycles. The van der Waals surface area contributed by atoms with E-state index in [-0.39, 0.29) is 36.2 Å². The molecule has 2 unspecified atom stereocenters. The summed E-state index contributed by atoms with van der Waals surface area (Å²) in [5.74, 6) is -1.52. The monoisotopic (exact) mass is 691 g/mol. The number of aliphatic carboxylic acids is 1. The van der Waals surface area contributed by atoms with Gasteiger partial charge in [0.1, 0.15) is 6.61 Å². The fourth-order valence-corrected chi connectivity index (χ4v) is 5.20. The number of rotatable bonds is 33. The van der Waals surface area contributed by atoms with Crippen LogP contribution in [0.4, 0.5) is 0 Å².